The molecule has 0 radical (unpaired) electrons. The predicted molar refractivity (Wildman–Crippen MR) is 57.6 cm³/mol. The number of hydrogen-bond acceptors (Lipinski definition) is 2. The Bertz CT molecular complexity index is 62.9. The first-order valence-corrected chi connectivity index (χ1v) is 5.15. The van der Waals surface area contributed by atoms with Crippen LogP contribution in [0, 0.1) is 0 Å². The number of hydrogen-bond donors (Lipinski definition) is 2. The van der Waals surface area contributed by atoms with Gasteiger partial charge in [0.2, 0.25) is 0 Å². The third-order valence-electron chi connectivity index (χ3n) is 1.41. The van der Waals surface area contributed by atoms with E-state index in [0.717, 1.165) is 13.1 Å². The molecule has 2 nitrogen and oxygen atoms in total. The normalized spacial score (nSPS) is 9.50. The highest BCUT2D eigenvalue weighted by atomic mass is 14.9. The van der Waals surface area contributed by atoms with E-state index in [-0.39, 0.29) is 0 Å². The second-order valence-electron chi connectivity index (χ2n) is 2.92. The van der Waals surface area contributed by atoms with Crippen LogP contribution in [0.25, 0.3) is 0 Å². The van der Waals surface area contributed by atoms with Crippen LogP contribution in [-0.2, 0) is 0 Å². The molecule has 0 atom stereocenters. The minimum atomic E-state index is 0.634. The lowest BCUT2D eigenvalue weighted by atomic mass is 10.3. The fraction of sp³-hybridized carbons (Fsp3) is 1.00. The zero-order valence-corrected chi connectivity index (χ0v) is 9.41. The van der Waals surface area contributed by atoms with Crippen LogP contribution in [0.5, 0.6) is 0 Å². The first kappa shape index (κ1) is 14.4. The first-order chi connectivity index (χ1) is 5.77. The second kappa shape index (κ2) is 13.5. The Morgan fingerprint density at radius 2 is 1.50 bits per heavy atom. The molecule has 0 saturated heterocycles. The van der Waals surface area contributed by atoms with Gasteiger partial charge in [-0.25, -0.2) is 0 Å². The van der Waals surface area contributed by atoms with Gasteiger partial charge < -0.3 is 10.6 Å². The quantitative estimate of drug-likeness (QED) is 0.602. The van der Waals surface area contributed by atoms with Crippen LogP contribution in [0.15, 0.2) is 0 Å². The molecule has 0 saturated carbocycles. The van der Waals surface area contributed by atoms with E-state index in [2.05, 4.69) is 24.5 Å². The van der Waals surface area contributed by atoms with Crippen molar-refractivity contribution >= 4 is 0 Å². The van der Waals surface area contributed by atoms with Crippen molar-refractivity contribution in [2.45, 2.75) is 46.6 Å². The van der Waals surface area contributed by atoms with Crippen LogP contribution in [-0.4, -0.2) is 26.2 Å². The molecular weight excluding hydrogens is 148 g/mol. The first-order valence-electron chi connectivity index (χ1n) is 5.15. The average Bonchev–Trinajstić information content (AvgIpc) is 2.07. The van der Waals surface area contributed by atoms with E-state index in [4.69, 9.17) is 0 Å². The standard InChI is InChI=1S/C8H20N2.C2H6/c1-8(2)10-7-5-4-6-9-3;1-2/h8-10H,4-7H2,1-3H3;1-2H3. The molecule has 0 aromatic heterocycles. The molecule has 0 aliphatic heterocycles. The molecule has 0 heterocycles. The van der Waals surface area contributed by atoms with Gasteiger partial charge in [-0.3, -0.25) is 0 Å². The van der Waals surface area contributed by atoms with Crippen LogP contribution in [0.4, 0.5) is 0 Å². The van der Waals surface area contributed by atoms with Crippen molar-refractivity contribution in [3.63, 3.8) is 0 Å². The summed E-state index contributed by atoms with van der Waals surface area (Å²) in [7, 11) is 2.00. The van der Waals surface area contributed by atoms with Crippen LogP contribution >= 0.6 is 0 Å². The third-order valence-corrected chi connectivity index (χ3v) is 1.41. The summed E-state index contributed by atoms with van der Waals surface area (Å²) >= 11 is 0. The van der Waals surface area contributed by atoms with Gasteiger partial charge in [0.25, 0.3) is 0 Å². The van der Waals surface area contributed by atoms with Crippen molar-refractivity contribution in [1.29, 1.82) is 0 Å². The maximum Gasteiger partial charge on any atom is 0.00103 e. The molecule has 0 aromatic carbocycles. The summed E-state index contributed by atoms with van der Waals surface area (Å²) in [6.07, 6.45) is 2.55. The molecule has 12 heavy (non-hydrogen) atoms. The van der Waals surface area contributed by atoms with Crippen LogP contribution in [0.3, 0.4) is 0 Å². The van der Waals surface area contributed by atoms with E-state index in [1.807, 2.05) is 20.9 Å². The van der Waals surface area contributed by atoms with Crippen molar-refractivity contribution in [3.05, 3.63) is 0 Å². The van der Waals surface area contributed by atoms with Crippen molar-refractivity contribution in [2.24, 2.45) is 0 Å². The van der Waals surface area contributed by atoms with Gasteiger partial charge in [-0.1, -0.05) is 27.7 Å². The number of unbranched alkanes of at least 4 members (excludes halogenated alkanes) is 1. The average molecular weight is 174 g/mol. The summed E-state index contributed by atoms with van der Waals surface area (Å²) in [5.74, 6) is 0. The second-order valence-corrected chi connectivity index (χ2v) is 2.92. The maximum absolute atomic E-state index is 3.38. The highest BCUT2D eigenvalue weighted by molar-refractivity contribution is 4.53. The predicted octanol–water partition coefficient (Wildman–Crippen LogP) is 2.01. The minimum absolute atomic E-state index is 0.634. The number of rotatable bonds is 6. The third kappa shape index (κ3) is 16.5. The van der Waals surface area contributed by atoms with Crippen molar-refractivity contribution < 1.29 is 0 Å². The SMILES string of the molecule is CC.CNCCCCNC(C)C. The highest BCUT2D eigenvalue weighted by Gasteiger charge is 1.90. The summed E-state index contributed by atoms with van der Waals surface area (Å²) in [5.41, 5.74) is 0. The lowest BCUT2D eigenvalue weighted by Crippen LogP contribution is -2.24. The van der Waals surface area contributed by atoms with Gasteiger partial charge in [-0.15, -0.1) is 0 Å². The largest absolute Gasteiger partial charge is 0.320 e. The zero-order valence-electron chi connectivity index (χ0n) is 9.41. The monoisotopic (exact) mass is 174 g/mol. The van der Waals surface area contributed by atoms with Crippen LogP contribution in [0.1, 0.15) is 40.5 Å². The molecule has 0 rings (SSSR count). The van der Waals surface area contributed by atoms with Gasteiger partial charge >= 0.3 is 0 Å². The molecule has 2 heteroatoms. The van der Waals surface area contributed by atoms with Crippen LogP contribution in [0.2, 0.25) is 0 Å². The Hall–Kier alpha value is -0.0800. The van der Waals surface area contributed by atoms with Crippen LogP contribution < -0.4 is 10.6 Å². The van der Waals surface area contributed by atoms with Gasteiger partial charge in [0.15, 0.2) is 0 Å². The fourth-order valence-electron chi connectivity index (χ4n) is 0.818. The molecule has 0 bridgehead atoms. The Balaban J connectivity index is 0. The molecular formula is C10H26N2. The Morgan fingerprint density at radius 1 is 1.00 bits per heavy atom. The van der Waals surface area contributed by atoms with Gasteiger partial charge in [-0.05, 0) is 33.0 Å². The maximum atomic E-state index is 3.38. The molecule has 0 amide bonds. The molecule has 76 valence electrons. The molecule has 0 aliphatic rings. The molecule has 0 spiro atoms. The molecule has 2 N–H and O–H groups in total. The lowest BCUT2D eigenvalue weighted by molar-refractivity contribution is 0.551. The molecule has 0 aliphatic carbocycles. The minimum Gasteiger partial charge on any atom is -0.320 e. The van der Waals surface area contributed by atoms with E-state index in [0.29, 0.717) is 6.04 Å². The van der Waals surface area contributed by atoms with Crippen molar-refractivity contribution in [3.8, 4) is 0 Å². The lowest BCUT2D eigenvalue weighted by Gasteiger charge is -2.06. The van der Waals surface area contributed by atoms with Gasteiger partial charge in [0.05, 0.1) is 0 Å². The van der Waals surface area contributed by atoms with E-state index >= 15 is 0 Å². The summed E-state index contributed by atoms with van der Waals surface area (Å²) in [6.45, 7) is 10.6. The zero-order chi connectivity index (χ0) is 9.82. The van der Waals surface area contributed by atoms with E-state index < -0.39 is 0 Å². The highest BCUT2D eigenvalue weighted by Crippen LogP contribution is 1.85. The molecule has 0 fully saturated rings. The number of nitrogens with one attached hydrogen (secondary N) is 2. The van der Waals surface area contributed by atoms with Gasteiger partial charge in [0.1, 0.15) is 0 Å². The van der Waals surface area contributed by atoms with Crippen molar-refractivity contribution in [1.82, 2.24) is 10.6 Å². The van der Waals surface area contributed by atoms with E-state index in [1.165, 1.54) is 12.8 Å². The summed E-state index contributed by atoms with van der Waals surface area (Å²) in [5, 5.41) is 6.50. The van der Waals surface area contributed by atoms with Gasteiger partial charge in [-0.2, -0.15) is 0 Å². The molecule has 0 unspecified atom stereocenters. The Morgan fingerprint density at radius 3 is 1.92 bits per heavy atom. The fourth-order valence-corrected chi connectivity index (χ4v) is 0.818. The summed E-state index contributed by atoms with van der Waals surface area (Å²) in [6, 6.07) is 0.634. The summed E-state index contributed by atoms with van der Waals surface area (Å²) < 4.78 is 0. The smallest absolute Gasteiger partial charge is 0.00103 e. The van der Waals surface area contributed by atoms with E-state index in [9.17, 15) is 0 Å². The Labute approximate surface area is 78.1 Å². The molecule has 0 aromatic rings. The topological polar surface area (TPSA) is 24.1 Å². The van der Waals surface area contributed by atoms with E-state index in [1.54, 1.807) is 0 Å². The Kier molecular flexibility index (Phi) is 16.3. The van der Waals surface area contributed by atoms with Crippen molar-refractivity contribution in [2.75, 3.05) is 20.1 Å². The summed E-state index contributed by atoms with van der Waals surface area (Å²) in [4.78, 5) is 0. The van der Waals surface area contributed by atoms with Gasteiger partial charge in [0, 0.05) is 6.04 Å².